The van der Waals surface area contributed by atoms with Crippen molar-refractivity contribution in [3.63, 3.8) is 0 Å². The SMILES string of the molecule is CC1CCC(C(N)=O)CN1C(=O)c1cc(-c2cccc(Cl)c2)no1. The van der Waals surface area contributed by atoms with Gasteiger partial charge in [0.15, 0.2) is 0 Å². The summed E-state index contributed by atoms with van der Waals surface area (Å²) in [5.74, 6) is -0.839. The number of aromatic nitrogens is 1. The molecule has 0 spiro atoms. The number of hydrogen-bond donors (Lipinski definition) is 1. The number of hydrogen-bond acceptors (Lipinski definition) is 4. The molecule has 1 aromatic heterocycles. The van der Waals surface area contributed by atoms with E-state index in [0.717, 1.165) is 12.0 Å². The van der Waals surface area contributed by atoms with Gasteiger partial charge in [-0.25, -0.2) is 0 Å². The van der Waals surface area contributed by atoms with Crippen LogP contribution in [0.5, 0.6) is 0 Å². The van der Waals surface area contributed by atoms with Gasteiger partial charge in [-0.3, -0.25) is 9.59 Å². The second-order valence-corrected chi connectivity index (χ2v) is 6.51. The minimum atomic E-state index is -0.378. The second-order valence-electron chi connectivity index (χ2n) is 6.07. The first-order chi connectivity index (χ1) is 11.5. The van der Waals surface area contributed by atoms with Gasteiger partial charge in [-0.05, 0) is 31.9 Å². The van der Waals surface area contributed by atoms with Gasteiger partial charge in [0.1, 0.15) is 5.69 Å². The number of carbonyl (C=O) groups excluding carboxylic acids is 2. The molecule has 0 bridgehead atoms. The Hall–Kier alpha value is -2.34. The average molecular weight is 348 g/mol. The van der Waals surface area contributed by atoms with Crippen LogP contribution in [0.2, 0.25) is 5.02 Å². The van der Waals surface area contributed by atoms with Crippen LogP contribution in [0.25, 0.3) is 11.3 Å². The third kappa shape index (κ3) is 3.28. The number of primary amides is 1. The van der Waals surface area contributed by atoms with Crippen molar-refractivity contribution in [1.82, 2.24) is 10.1 Å². The number of benzene rings is 1. The van der Waals surface area contributed by atoms with Crippen molar-refractivity contribution in [3.05, 3.63) is 41.1 Å². The molecule has 2 atom stereocenters. The van der Waals surface area contributed by atoms with Crippen LogP contribution in [0.3, 0.4) is 0 Å². The Morgan fingerprint density at radius 3 is 2.83 bits per heavy atom. The third-order valence-corrected chi connectivity index (χ3v) is 4.62. The van der Waals surface area contributed by atoms with E-state index in [2.05, 4.69) is 5.16 Å². The van der Waals surface area contributed by atoms with Crippen LogP contribution < -0.4 is 5.73 Å². The summed E-state index contributed by atoms with van der Waals surface area (Å²) in [7, 11) is 0. The molecular weight excluding hydrogens is 330 g/mol. The maximum absolute atomic E-state index is 12.7. The number of amides is 2. The summed E-state index contributed by atoms with van der Waals surface area (Å²) in [4.78, 5) is 25.8. The summed E-state index contributed by atoms with van der Waals surface area (Å²) < 4.78 is 5.22. The lowest BCUT2D eigenvalue weighted by Crippen LogP contribution is -2.48. The van der Waals surface area contributed by atoms with Crippen molar-refractivity contribution >= 4 is 23.4 Å². The van der Waals surface area contributed by atoms with Crippen LogP contribution in [0.4, 0.5) is 0 Å². The number of nitrogens with zero attached hydrogens (tertiary/aromatic N) is 2. The molecule has 1 fully saturated rings. The van der Waals surface area contributed by atoms with Crippen LogP contribution in [0.15, 0.2) is 34.9 Å². The Labute approximate surface area is 144 Å². The first-order valence-corrected chi connectivity index (χ1v) is 8.16. The predicted molar refractivity (Wildman–Crippen MR) is 89.4 cm³/mol. The molecule has 2 N–H and O–H groups in total. The van der Waals surface area contributed by atoms with E-state index in [4.69, 9.17) is 21.9 Å². The fourth-order valence-electron chi connectivity index (χ4n) is 2.92. The number of rotatable bonds is 3. The number of nitrogens with two attached hydrogens (primary N) is 1. The van der Waals surface area contributed by atoms with E-state index in [9.17, 15) is 9.59 Å². The molecule has 2 amide bonds. The first kappa shape index (κ1) is 16.5. The van der Waals surface area contributed by atoms with Gasteiger partial charge in [0, 0.05) is 29.2 Å². The van der Waals surface area contributed by atoms with E-state index in [-0.39, 0.29) is 29.5 Å². The lowest BCUT2D eigenvalue weighted by molar-refractivity contribution is -0.123. The van der Waals surface area contributed by atoms with Gasteiger partial charge < -0.3 is 15.2 Å². The van der Waals surface area contributed by atoms with Crippen molar-refractivity contribution in [1.29, 1.82) is 0 Å². The number of halogens is 1. The predicted octanol–water partition coefficient (Wildman–Crippen LogP) is 2.72. The molecule has 2 heterocycles. The quantitative estimate of drug-likeness (QED) is 0.924. The molecular formula is C17H18ClN3O3. The van der Waals surface area contributed by atoms with Crippen molar-refractivity contribution in [2.45, 2.75) is 25.8 Å². The van der Waals surface area contributed by atoms with E-state index in [1.165, 1.54) is 0 Å². The average Bonchev–Trinajstić information content (AvgIpc) is 3.04. The fraction of sp³-hybridized carbons (Fsp3) is 0.353. The number of carbonyl (C=O) groups is 2. The zero-order valence-electron chi connectivity index (χ0n) is 13.2. The summed E-state index contributed by atoms with van der Waals surface area (Å²) in [6.07, 6.45) is 1.43. The molecule has 6 nitrogen and oxygen atoms in total. The molecule has 1 saturated heterocycles. The van der Waals surface area contributed by atoms with Gasteiger partial charge in [0.2, 0.25) is 11.7 Å². The molecule has 2 unspecified atom stereocenters. The van der Waals surface area contributed by atoms with E-state index < -0.39 is 0 Å². The number of piperidine rings is 1. The van der Waals surface area contributed by atoms with Gasteiger partial charge in [0.25, 0.3) is 5.91 Å². The lowest BCUT2D eigenvalue weighted by Gasteiger charge is -2.36. The molecule has 0 radical (unpaired) electrons. The van der Waals surface area contributed by atoms with Crippen LogP contribution >= 0.6 is 11.6 Å². The summed E-state index contributed by atoms with van der Waals surface area (Å²) in [6.45, 7) is 2.26. The normalized spacial score (nSPS) is 20.8. The van der Waals surface area contributed by atoms with Crippen LogP contribution in [-0.4, -0.2) is 34.5 Å². The lowest BCUT2D eigenvalue weighted by atomic mass is 9.92. The van der Waals surface area contributed by atoms with Gasteiger partial charge in [-0.1, -0.05) is 28.9 Å². The molecule has 0 aliphatic carbocycles. The maximum Gasteiger partial charge on any atom is 0.292 e. The first-order valence-electron chi connectivity index (χ1n) is 7.78. The minimum absolute atomic E-state index is 0.0211. The Bertz CT molecular complexity index is 774. The second kappa shape index (κ2) is 6.65. The highest BCUT2D eigenvalue weighted by molar-refractivity contribution is 6.30. The van der Waals surface area contributed by atoms with E-state index in [1.54, 1.807) is 29.2 Å². The van der Waals surface area contributed by atoms with E-state index in [1.807, 2.05) is 13.0 Å². The van der Waals surface area contributed by atoms with Gasteiger partial charge in [0.05, 0.1) is 5.92 Å². The van der Waals surface area contributed by atoms with Crippen molar-refractivity contribution in [3.8, 4) is 11.3 Å². The van der Waals surface area contributed by atoms with Crippen molar-refractivity contribution in [2.75, 3.05) is 6.54 Å². The molecule has 2 aromatic rings. The zero-order valence-corrected chi connectivity index (χ0v) is 14.0. The molecule has 24 heavy (non-hydrogen) atoms. The minimum Gasteiger partial charge on any atom is -0.369 e. The molecule has 1 aliphatic rings. The largest absolute Gasteiger partial charge is 0.369 e. The summed E-state index contributed by atoms with van der Waals surface area (Å²) in [6, 6.07) is 8.77. The van der Waals surface area contributed by atoms with Crippen LogP contribution in [0, 0.1) is 5.92 Å². The molecule has 7 heteroatoms. The molecule has 0 saturated carbocycles. The Morgan fingerprint density at radius 2 is 2.12 bits per heavy atom. The van der Waals surface area contributed by atoms with Crippen molar-refractivity contribution in [2.24, 2.45) is 11.7 Å². The molecule has 1 aromatic carbocycles. The van der Waals surface area contributed by atoms with Gasteiger partial charge >= 0.3 is 0 Å². The molecule has 126 valence electrons. The van der Waals surface area contributed by atoms with E-state index >= 15 is 0 Å². The summed E-state index contributed by atoms with van der Waals surface area (Å²) in [5.41, 5.74) is 6.69. The zero-order chi connectivity index (χ0) is 17.3. The summed E-state index contributed by atoms with van der Waals surface area (Å²) in [5, 5.41) is 4.53. The monoisotopic (exact) mass is 347 g/mol. The van der Waals surface area contributed by atoms with Crippen LogP contribution in [-0.2, 0) is 4.79 Å². The highest BCUT2D eigenvalue weighted by atomic mass is 35.5. The standard InChI is InChI=1S/C17H18ClN3O3/c1-10-5-6-12(16(19)22)9-21(10)17(23)15-8-14(20-24-15)11-3-2-4-13(18)7-11/h2-4,7-8,10,12H,5-6,9H2,1H3,(H2,19,22). The molecule has 3 rings (SSSR count). The molecule has 1 aliphatic heterocycles. The summed E-state index contributed by atoms with van der Waals surface area (Å²) >= 11 is 5.97. The third-order valence-electron chi connectivity index (χ3n) is 4.39. The Balaban J connectivity index is 1.81. The van der Waals surface area contributed by atoms with Crippen LogP contribution in [0.1, 0.15) is 30.3 Å². The fourth-order valence-corrected chi connectivity index (χ4v) is 3.11. The van der Waals surface area contributed by atoms with Gasteiger partial charge in [-0.2, -0.15) is 0 Å². The highest BCUT2D eigenvalue weighted by Crippen LogP contribution is 2.26. The maximum atomic E-state index is 12.7. The smallest absolute Gasteiger partial charge is 0.292 e. The Kier molecular flexibility index (Phi) is 4.57. The van der Waals surface area contributed by atoms with Crippen molar-refractivity contribution < 1.29 is 14.1 Å². The highest BCUT2D eigenvalue weighted by Gasteiger charge is 2.33. The topological polar surface area (TPSA) is 89.4 Å². The van der Waals surface area contributed by atoms with E-state index in [0.29, 0.717) is 23.7 Å². The van der Waals surface area contributed by atoms with Gasteiger partial charge in [-0.15, -0.1) is 0 Å². The Morgan fingerprint density at radius 1 is 1.33 bits per heavy atom. The number of likely N-dealkylation sites (tertiary alicyclic amines) is 1.